The van der Waals surface area contributed by atoms with Crippen molar-refractivity contribution in [3.05, 3.63) is 60.3 Å². The molecule has 1 aliphatic rings. The average Bonchev–Trinajstić information content (AvgIpc) is 3.15. The largest absolute Gasteiger partial charge is 0.361 e. The zero-order valence-electron chi connectivity index (χ0n) is 13.9. The molecule has 0 unspecified atom stereocenters. The second-order valence-corrected chi connectivity index (χ2v) is 6.59. The second-order valence-electron chi connectivity index (χ2n) is 6.59. The molecule has 25 heavy (non-hydrogen) atoms. The molecule has 4 rings (SSSR count). The van der Waals surface area contributed by atoms with Gasteiger partial charge in [-0.25, -0.2) is 0 Å². The highest BCUT2D eigenvalue weighted by atomic mass is 16.2. The first-order chi connectivity index (χ1) is 12.1. The first-order valence-electron chi connectivity index (χ1n) is 8.40. The predicted molar refractivity (Wildman–Crippen MR) is 98.6 cm³/mol. The lowest BCUT2D eigenvalue weighted by atomic mass is 10.1. The fraction of sp³-hybridized carbons (Fsp3) is 0.200. The molecule has 2 atom stereocenters. The van der Waals surface area contributed by atoms with Crippen molar-refractivity contribution in [2.75, 3.05) is 10.6 Å². The molecule has 2 amide bonds. The highest BCUT2D eigenvalue weighted by Crippen LogP contribution is 2.38. The van der Waals surface area contributed by atoms with E-state index in [-0.39, 0.29) is 17.7 Å². The molecule has 1 heterocycles. The summed E-state index contributed by atoms with van der Waals surface area (Å²) < 4.78 is 0. The number of carbonyl (C=O) groups excluding carboxylic acids is 2. The molecule has 3 aromatic rings. The molecule has 1 saturated carbocycles. The molecule has 0 bridgehead atoms. The van der Waals surface area contributed by atoms with Gasteiger partial charge in [0.2, 0.25) is 5.91 Å². The quantitative estimate of drug-likeness (QED) is 0.675. The van der Waals surface area contributed by atoms with Gasteiger partial charge in [0.25, 0.3) is 5.91 Å². The van der Waals surface area contributed by atoms with Crippen LogP contribution >= 0.6 is 0 Å². The minimum atomic E-state index is -0.204. The summed E-state index contributed by atoms with van der Waals surface area (Å²) in [6.07, 6.45) is 2.78. The van der Waals surface area contributed by atoms with Crippen molar-refractivity contribution in [1.82, 2.24) is 4.98 Å². The minimum absolute atomic E-state index is 0.0298. The van der Waals surface area contributed by atoms with Gasteiger partial charge in [0.15, 0.2) is 0 Å². The molecule has 1 aliphatic carbocycles. The van der Waals surface area contributed by atoms with Gasteiger partial charge in [0.05, 0.1) is 5.69 Å². The van der Waals surface area contributed by atoms with Crippen LogP contribution in [0.1, 0.15) is 23.7 Å². The van der Waals surface area contributed by atoms with E-state index in [0.717, 1.165) is 23.0 Å². The van der Waals surface area contributed by atoms with Gasteiger partial charge in [-0.05, 0) is 48.7 Å². The number of carbonyl (C=O) groups is 2. The molecular formula is C20H19N3O2. The molecule has 0 saturated heterocycles. The Morgan fingerprint density at radius 1 is 1.08 bits per heavy atom. The maximum atomic E-state index is 12.6. The maximum absolute atomic E-state index is 12.6. The van der Waals surface area contributed by atoms with Crippen LogP contribution in [-0.4, -0.2) is 16.8 Å². The highest BCUT2D eigenvalue weighted by Gasteiger charge is 2.39. The Labute approximate surface area is 145 Å². The zero-order valence-corrected chi connectivity index (χ0v) is 13.9. The number of rotatable bonds is 4. The number of fused-ring (bicyclic) bond motifs is 1. The van der Waals surface area contributed by atoms with Crippen LogP contribution in [0.15, 0.2) is 54.7 Å². The molecule has 0 radical (unpaired) electrons. The van der Waals surface area contributed by atoms with E-state index in [9.17, 15) is 9.59 Å². The third kappa shape index (κ3) is 3.13. The van der Waals surface area contributed by atoms with Crippen molar-refractivity contribution in [3.8, 4) is 0 Å². The smallest absolute Gasteiger partial charge is 0.255 e. The Bertz CT molecular complexity index is 960. The number of nitrogens with one attached hydrogen (secondary N) is 3. The van der Waals surface area contributed by atoms with E-state index < -0.39 is 0 Å². The molecular weight excluding hydrogens is 314 g/mol. The number of anilines is 2. The zero-order chi connectivity index (χ0) is 17.4. The Balaban J connectivity index is 1.51. The standard InChI is InChI=1S/C20H19N3O2/c1-12-10-16(12)20(25)22-14-5-2-4-13(11-14)19(24)23-18-7-3-6-17-15(18)8-9-21-17/h2-9,11-12,16,21H,10H2,1H3,(H,22,25)(H,23,24)/t12-,16+/m1/s1. The number of amides is 2. The van der Waals surface area contributed by atoms with Gasteiger partial charge in [0, 0.05) is 34.3 Å². The Morgan fingerprint density at radius 3 is 2.68 bits per heavy atom. The van der Waals surface area contributed by atoms with E-state index in [0.29, 0.717) is 17.2 Å². The SMILES string of the molecule is C[C@@H]1C[C@@H]1C(=O)Nc1cccc(C(=O)Nc2cccc3[nH]ccc23)c1. The third-order valence-corrected chi connectivity index (χ3v) is 4.68. The van der Waals surface area contributed by atoms with E-state index in [1.54, 1.807) is 24.3 Å². The van der Waals surface area contributed by atoms with Gasteiger partial charge in [-0.15, -0.1) is 0 Å². The molecule has 5 nitrogen and oxygen atoms in total. The first-order valence-corrected chi connectivity index (χ1v) is 8.40. The van der Waals surface area contributed by atoms with Gasteiger partial charge in [-0.2, -0.15) is 0 Å². The van der Waals surface area contributed by atoms with Gasteiger partial charge in [-0.3, -0.25) is 9.59 Å². The second kappa shape index (κ2) is 6.09. The minimum Gasteiger partial charge on any atom is -0.361 e. The number of hydrogen-bond donors (Lipinski definition) is 3. The van der Waals surface area contributed by atoms with Crippen LogP contribution < -0.4 is 10.6 Å². The molecule has 126 valence electrons. The average molecular weight is 333 g/mol. The molecule has 2 aromatic carbocycles. The lowest BCUT2D eigenvalue weighted by Gasteiger charge is -2.09. The van der Waals surface area contributed by atoms with Crippen LogP contribution in [0.4, 0.5) is 11.4 Å². The van der Waals surface area contributed by atoms with Crippen LogP contribution in [0.5, 0.6) is 0 Å². The highest BCUT2D eigenvalue weighted by molar-refractivity contribution is 6.09. The first kappa shape index (κ1) is 15.4. The number of H-pyrrole nitrogens is 1. The topological polar surface area (TPSA) is 74.0 Å². The lowest BCUT2D eigenvalue weighted by Crippen LogP contribution is -2.16. The Morgan fingerprint density at radius 2 is 1.88 bits per heavy atom. The van der Waals surface area contributed by atoms with Gasteiger partial charge >= 0.3 is 0 Å². The third-order valence-electron chi connectivity index (χ3n) is 4.68. The van der Waals surface area contributed by atoms with Crippen LogP contribution in [0.3, 0.4) is 0 Å². The molecule has 0 spiro atoms. The van der Waals surface area contributed by atoms with E-state index in [1.807, 2.05) is 30.5 Å². The Hall–Kier alpha value is -3.08. The van der Waals surface area contributed by atoms with Crippen LogP contribution in [0, 0.1) is 11.8 Å². The molecule has 0 aliphatic heterocycles. The summed E-state index contributed by atoms with van der Waals surface area (Å²) in [7, 11) is 0. The Kier molecular flexibility index (Phi) is 3.76. The van der Waals surface area contributed by atoms with Crippen LogP contribution in [0.25, 0.3) is 10.9 Å². The van der Waals surface area contributed by atoms with Crippen molar-refractivity contribution in [3.63, 3.8) is 0 Å². The van der Waals surface area contributed by atoms with Crippen molar-refractivity contribution in [2.24, 2.45) is 11.8 Å². The van der Waals surface area contributed by atoms with Crippen molar-refractivity contribution in [2.45, 2.75) is 13.3 Å². The number of aromatic nitrogens is 1. The molecule has 1 fully saturated rings. The van der Waals surface area contributed by atoms with Gasteiger partial charge in [-0.1, -0.05) is 19.1 Å². The maximum Gasteiger partial charge on any atom is 0.255 e. The van der Waals surface area contributed by atoms with Crippen molar-refractivity contribution in [1.29, 1.82) is 0 Å². The summed E-state index contributed by atoms with van der Waals surface area (Å²) in [5.41, 5.74) is 2.88. The number of aromatic amines is 1. The normalized spacial score (nSPS) is 18.8. The fourth-order valence-corrected chi connectivity index (χ4v) is 3.05. The summed E-state index contributed by atoms with van der Waals surface area (Å²) in [5, 5.41) is 6.79. The van der Waals surface area contributed by atoms with Crippen molar-refractivity contribution >= 4 is 34.1 Å². The summed E-state index contributed by atoms with van der Waals surface area (Å²) in [6.45, 7) is 2.07. The fourth-order valence-electron chi connectivity index (χ4n) is 3.05. The van der Waals surface area contributed by atoms with Gasteiger partial charge in [0.1, 0.15) is 0 Å². The van der Waals surface area contributed by atoms with E-state index >= 15 is 0 Å². The predicted octanol–water partition coefficient (Wildman–Crippen LogP) is 4.01. The number of benzene rings is 2. The molecule has 3 N–H and O–H groups in total. The lowest BCUT2D eigenvalue weighted by molar-refractivity contribution is -0.117. The van der Waals surface area contributed by atoms with Crippen LogP contribution in [0.2, 0.25) is 0 Å². The number of hydrogen-bond acceptors (Lipinski definition) is 2. The van der Waals surface area contributed by atoms with Crippen molar-refractivity contribution < 1.29 is 9.59 Å². The molecule has 5 heteroatoms. The summed E-state index contributed by atoms with van der Waals surface area (Å²) in [6, 6.07) is 14.7. The van der Waals surface area contributed by atoms with Gasteiger partial charge < -0.3 is 15.6 Å². The molecule has 1 aromatic heterocycles. The summed E-state index contributed by atoms with van der Waals surface area (Å²) >= 11 is 0. The van der Waals surface area contributed by atoms with Crippen LogP contribution in [-0.2, 0) is 4.79 Å². The monoisotopic (exact) mass is 333 g/mol. The van der Waals surface area contributed by atoms with E-state index in [2.05, 4.69) is 22.5 Å². The summed E-state index contributed by atoms with van der Waals surface area (Å²) in [5.74, 6) is 0.378. The van der Waals surface area contributed by atoms with E-state index in [1.165, 1.54) is 0 Å². The van der Waals surface area contributed by atoms with E-state index in [4.69, 9.17) is 0 Å². The summed E-state index contributed by atoms with van der Waals surface area (Å²) in [4.78, 5) is 27.8.